The molecule has 0 saturated heterocycles. The molecule has 108 valence electrons. The van der Waals surface area contributed by atoms with Crippen LogP contribution in [0.3, 0.4) is 0 Å². The zero-order valence-corrected chi connectivity index (χ0v) is 12.8. The Morgan fingerprint density at radius 3 is 2.90 bits per heavy atom. The van der Waals surface area contributed by atoms with Crippen LogP contribution in [-0.2, 0) is 20.0 Å². The summed E-state index contributed by atoms with van der Waals surface area (Å²) >= 11 is 1.74. The number of pyridine rings is 1. The van der Waals surface area contributed by atoms with E-state index in [2.05, 4.69) is 51.3 Å². The number of aryl methyl sites for hydroxylation is 1. The number of nitrogens with zero attached hydrogens (tertiary/aromatic N) is 3. The minimum Gasteiger partial charge on any atom is -0.350 e. The van der Waals surface area contributed by atoms with Crippen molar-refractivity contribution in [3.63, 3.8) is 0 Å². The monoisotopic (exact) mass is 298 g/mol. The normalized spacial score (nSPS) is 10.9. The van der Waals surface area contributed by atoms with E-state index >= 15 is 0 Å². The van der Waals surface area contributed by atoms with Gasteiger partial charge in [0, 0.05) is 50.8 Å². The molecule has 1 N–H and O–H groups in total. The van der Waals surface area contributed by atoms with Crippen LogP contribution >= 0.6 is 11.3 Å². The molecule has 0 aromatic carbocycles. The lowest BCUT2D eigenvalue weighted by Crippen LogP contribution is -2.16. The average molecular weight is 298 g/mol. The first-order valence-electron chi connectivity index (χ1n) is 7.00. The second kappa shape index (κ2) is 6.65. The van der Waals surface area contributed by atoms with Crippen molar-refractivity contribution in [2.75, 3.05) is 6.54 Å². The zero-order chi connectivity index (χ0) is 14.5. The number of nitrogens with one attached hydrogen (secondary N) is 1. The van der Waals surface area contributed by atoms with Gasteiger partial charge in [0.15, 0.2) is 0 Å². The van der Waals surface area contributed by atoms with Gasteiger partial charge in [-0.05, 0) is 24.3 Å². The quantitative estimate of drug-likeness (QED) is 0.712. The molecule has 0 radical (unpaired) electrons. The summed E-state index contributed by atoms with van der Waals surface area (Å²) in [5.41, 5.74) is 2.33. The molecular weight excluding hydrogens is 280 g/mol. The maximum absolute atomic E-state index is 4.48. The molecule has 0 spiro atoms. The Kier molecular flexibility index (Phi) is 4.43. The number of aromatic nitrogens is 3. The van der Waals surface area contributed by atoms with Crippen LogP contribution in [0, 0.1) is 0 Å². The molecule has 21 heavy (non-hydrogen) atoms. The van der Waals surface area contributed by atoms with Gasteiger partial charge in [-0.2, -0.15) is 0 Å². The van der Waals surface area contributed by atoms with Gasteiger partial charge in [-0.3, -0.25) is 4.98 Å². The van der Waals surface area contributed by atoms with Gasteiger partial charge in [0.05, 0.1) is 10.6 Å². The van der Waals surface area contributed by atoms with Gasteiger partial charge in [-0.25, -0.2) is 4.98 Å². The Morgan fingerprint density at radius 2 is 2.14 bits per heavy atom. The summed E-state index contributed by atoms with van der Waals surface area (Å²) in [5.74, 6) is 0. The topological polar surface area (TPSA) is 42.7 Å². The molecule has 4 nitrogen and oxygen atoms in total. The van der Waals surface area contributed by atoms with E-state index in [1.54, 1.807) is 11.3 Å². The molecule has 0 aliphatic carbocycles. The van der Waals surface area contributed by atoms with Crippen LogP contribution in [0.25, 0.3) is 10.6 Å². The van der Waals surface area contributed by atoms with Gasteiger partial charge in [-0.1, -0.05) is 6.07 Å². The third kappa shape index (κ3) is 3.56. The minimum atomic E-state index is 0.807. The summed E-state index contributed by atoms with van der Waals surface area (Å²) in [6.07, 6.45) is 6.79. The molecule has 0 aliphatic heterocycles. The van der Waals surface area contributed by atoms with E-state index in [9.17, 15) is 0 Å². The Bertz CT molecular complexity index is 687. The summed E-state index contributed by atoms with van der Waals surface area (Å²) in [6, 6.07) is 10.2. The van der Waals surface area contributed by atoms with Crippen molar-refractivity contribution in [1.29, 1.82) is 0 Å². The molecular formula is C16H18N4S. The highest BCUT2D eigenvalue weighted by molar-refractivity contribution is 7.15. The van der Waals surface area contributed by atoms with Gasteiger partial charge < -0.3 is 9.88 Å². The van der Waals surface area contributed by atoms with Crippen LogP contribution in [-0.4, -0.2) is 21.1 Å². The van der Waals surface area contributed by atoms with Crippen molar-refractivity contribution in [1.82, 2.24) is 19.9 Å². The van der Waals surface area contributed by atoms with E-state index in [1.807, 2.05) is 24.5 Å². The fourth-order valence-corrected chi connectivity index (χ4v) is 3.14. The van der Waals surface area contributed by atoms with Crippen LogP contribution in [0.1, 0.15) is 10.7 Å². The maximum Gasteiger partial charge on any atom is 0.107 e. The highest BCUT2D eigenvalue weighted by Crippen LogP contribution is 2.25. The van der Waals surface area contributed by atoms with E-state index in [-0.39, 0.29) is 0 Å². The van der Waals surface area contributed by atoms with Crippen LogP contribution < -0.4 is 5.32 Å². The van der Waals surface area contributed by atoms with E-state index in [0.29, 0.717) is 0 Å². The van der Waals surface area contributed by atoms with Crippen molar-refractivity contribution in [2.45, 2.75) is 13.0 Å². The Hall–Kier alpha value is -1.98. The highest BCUT2D eigenvalue weighted by Gasteiger charge is 2.06. The van der Waals surface area contributed by atoms with E-state index in [4.69, 9.17) is 0 Å². The van der Waals surface area contributed by atoms with E-state index < -0.39 is 0 Å². The lowest BCUT2D eigenvalue weighted by Gasteiger charge is -2.02. The molecule has 0 aliphatic rings. The summed E-state index contributed by atoms with van der Waals surface area (Å²) in [7, 11) is 2.06. The standard InChI is InChI=1S/C16H18N4S/c1-20-10-4-6-14(20)15-11-19-16(21-15)12-17-9-7-13-5-2-3-8-18-13/h2-6,8,10-11,17H,7,9,12H2,1H3. The molecule has 0 unspecified atom stereocenters. The average Bonchev–Trinajstić information content (AvgIpc) is 3.13. The predicted octanol–water partition coefficient (Wildman–Crippen LogP) is 2.88. The van der Waals surface area contributed by atoms with Gasteiger partial charge >= 0.3 is 0 Å². The van der Waals surface area contributed by atoms with E-state index in [1.165, 1.54) is 10.6 Å². The van der Waals surface area contributed by atoms with Crippen molar-refractivity contribution < 1.29 is 0 Å². The summed E-state index contributed by atoms with van der Waals surface area (Å²) in [4.78, 5) is 10.0. The minimum absolute atomic E-state index is 0.807. The zero-order valence-electron chi connectivity index (χ0n) is 12.0. The van der Waals surface area contributed by atoms with Gasteiger partial charge in [0.1, 0.15) is 5.01 Å². The summed E-state index contributed by atoms with van der Waals surface area (Å²) in [6.45, 7) is 1.72. The number of hydrogen-bond donors (Lipinski definition) is 1. The second-order valence-corrected chi connectivity index (χ2v) is 5.99. The molecule has 0 saturated carbocycles. The van der Waals surface area contributed by atoms with Crippen LogP contribution in [0.4, 0.5) is 0 Å². The third-order valence-corrected chi connectivity index (χ3v) is 4.33. The lowest BCUT2D eigenvalue weighted by molar-refractivity contribution is 0.677. The first-order chi connectivity index (χ1) is 10.3. The molecule has 0 bridgehead atoms. The largest absolute Gasteiger partial charge is 0.350 e. The van der Waals surface area contributed by atoms with E-state index in [0.717, 1.165) is 30.2 Å². The molecule has 3 heterocycles. The molecule has 0 atom stereocenters. The smallest absolute Gasteiger partial charge is 0.107 e. The predicted molar refractivity (Wildman–Crippen MR) is 86.2 cm³/mol. The fourth-order valence-electron chi connectivity index (χ4n) is 2.19. The molecule has 3 aromatic rings. The number of rotatable bonds is 6. The first kappa shape index (κ1) is 14.0. The van der Waals surface area contributed by atoms with Crippen LogP contribution in [0.5, 0.6) is 0 Å². The Morgan fingerprint density at radius 1 is 1.19 bits per heavy atom. The lowest BCUT2D eigenvalue weighted by atomic mass is 10.3. The van der Waals surface area contributed by atoms with Gasteiger partial charge in [0.25, 0.3) is 0 Å². The maximum atomic E-state index is 4.48. The van der Waals surface area contributed by atoms with Gasteiger partial charge in [0.2, 0.25) is 0 Å². The molecule has 5 heteroatoms. The van der Waals surface area contributed by atoms with Crippen molar-refractivity contribution >= 4 is 11.3 Å². The van der Waals surface area contributed by atoms with Gasteiger partial charge in [-0.15, -0.1) is 11.3 Å². The van der Waals surface area contributed by atoms with Crippen LogP contribution in [0.15, 0.2) is 48.9 Å². The SMILES string of the molecule is Cn1cccc1-c1cnc(CNCCc2ccccn2)s1. The fraction of sp³-hybridized carbons (Fsp3) is 0.250. The second-order valence-electron chi connectivity index (χ2n) is 4.87. The third-order valence-electron chi connectivity index (χ3n) is 3.31. The van der Waals surface area contributed by atoms with Crippen molar-refractivity contribution in [3.8, 4) is 10.6 Å². The molecule has 0 fully saturated rings. The number of thiazole rings is 1. The Labute approximate surface area is 128 Å². The summed E-state index contributed by atoms with van der Waals surface area (Å²) < 4.78 is 2.12. The Balaban J connectivity index is 1.50. The molecule has 0 amide bonds. The summed E-state index contributed by atoms with van der Waals surface area (Å²) in [5, 5.41) is 4.54. The number of hydrogen-bond acceptors (Lipinski definition) is 4. The van der Waals surface area contributed by atoms with Crippen LogP contribution in [0.2, 0.25) is 0 Å². The van der Waals surface area contributed by atoms with Crippen molar-refractivity contribution in [2.24, 2.45) is 7.05 Å². The highest BCUT2D eigenvalue weighted by atomic mass is 32.1. The van der Waals surface area contributed by atoms with Crippen molar-refractivity contribution in [3.05, 3.63) is 59.6 Å². The first-order valence-corrected chi connectivity index (χ1v) is 7.81. The molecule has 3 aromatic heterocycles. The molecule has 3 rings (SSSR count).